The van der Waals surface area contributed by atoms with Crippen LogP contribution in [0.15, 0.2) is 18.2 Å². The van der Waals surface area contributed by atoms with Crippen molar-refractivity contribution in [1.29, 1.82) is 0 Å². The molecule has 1 heterocycles. The number of nitrogens with zero attached hydrogens (tertiary/aromatic N) is 1. The second-order valence-corrected chi connectivity index (χ2v) is 5.81. The van der Waals surface area contributed by atoms with Crippen molar-refractivity contribution in [2.45, 2.75) is 25.3 Å². The van der Waals surface area contributed by atoms with Crippen molar-refractivity contribution < 1.29 is 19.1 Å². The summed E-state index contributed by atoms with van der Waals surface area (Å²) in [5.41, 5.74) is 0.861. The van der Waals surface area contributed by atoms with Gasteiger partial charge in [0.2, 0.25) is 0 Å². The number of hydrogen-bond donors (Lipinski definition) is 1. The molecule has 0 aliphatic carbocycles. The van der Waals surface area contributed by atoms with Crippen LogP contribution in [0.25, 0.3) is 0 Å². The first-order valence-corrected chi connectivity index (χ1v) is 6.90. The van der Waals surface area contributed by atoms with E-state index >= 15 is 0 Å². The number of amides is 1. The van der Waals surface area contributed by atoms with Crippen LogP contribution in [0.4, 0.5) is 4.39 Å². The third-order valence-corrected chi connectivity index (χ3v) is 4.38. The third-order valence-electron chi connectivity index (χ3n) is 3.16. The summed E-state index contributed by atoms with van der Waals surface area (Å²) in [7, 11) is 0. The van der Waals surface area contributed by atoms with E-state index in [0.717, 1.165) is 0 Å². The van der Waals surface area contributed by atoms with Gasteiger partial charge in [-0.15, -0.1) is 11.8 Å². The fourth-order valence-corrected chi connectivity index (χ4v) is 3.31. The topological polar surface area (TPSA) is 57.6 Å². The van der Waals surface area contributed by atoms with Gasteiger partial charge in [-0.05, 0) is 37.6 Å². The summed E-state index contributed by atoms with van der Waals surface area (Å²) in [6.07, 6.45) is 0. The first-order valence-electron chi connectivity index (χ1n) is 5.85. The molecule has 1 saturated heterocycles. The maximum Gasteiger partial charge on any atom is 0.327 e. The van der Waals surface area contributed by atoms with Crippen LogP contribution in [-0.2, 0) is 4.79 Å². The number of halogens is 1. The van der Waals surface area contributed by atoms with Gasteiger partial charge in [-0.2, -0.15) is 0 Å². The minimum Gasteiger partial charge on any atom is -0.480 e. The summed E-state index contributed by atoms with van der Waals surface area (Å²) in [5.74, 6) is -1.40. The second-order valence-electron chi connectivity index (χ2n) is 4.46. The Morgan fingerprint density at radius 1 is 1.47 bits per heavy atom. The van der Waals surface area contributed by atoms with Crippen LogP contribution >= 0.6 is 11.8 Å². The van der Waals surface area contributed by atoms with Crippen LogP contribution < -0.4 is 0 Å². The highest BCUT2D eigenvalue weighted by atomic mass is 32.2. The Balaban J connectivity index is 2.34. The van der Waals surface area contributed by atoms with E-state index in [9.17, 15) is 14.0 Å². The molecule has 1 N–H and O–H groups in total. The number of carboxylic acid groups (broad SMARTS) is 1. The zero-order chi connectivity index (χ0) is 14.2. The summed E-state index contributed by atoms with van der Waals surface area (Å²) < 4.78 is 13.0. The van der Waals surface area contributed by atoms with Gasteiger partial charge in [0.1, 0.15) is 11.9 Å². The van der Waals surface area contributed by atoms with Crippen LogP contribution in [0.3, 0.4) is 0 Å². The number of benzene rings is 1. The van der Waals surface area contributed by atoms with E-state index in [1.165, 1.54) is 34.9 Å². The van der Waals surface area contributed by atoms with Gasteiger partial charge in [0.05, 0.1) is 5.37 Å². The molecule has 1 aliphatic heterocycles. The number of aliphatic carboxylic acids is 1. The molecule has 1 fully saturated rings. The van der Waals surface area contributed by atoms with Crippen molar-refractivity contribution in [3.8, 4) is 0 Å². The maximum absolute atomic E-state index is 13.0. The van der Waals surface area contributed by atoms with Crippen molar-refractivity contribution in [1.82, 2.24) is 4.90 Å². The van der Waals surface area contributed by atoms with Gasteiger partial charge in [0.25, 0.3) is 5.91 Å². The van der Waals surface area contributed by atoms with Crippen molar-refractivity contribution in [2.75, 3.05) is 5.75 Å². The molecule has 0 radical (unpaired) electrons. The lowest BCUT2D eigenvalue weighted by molar-refractivity contribution is -0.141. The van der Waals surface area contributed by atoms with Gasteiger partial charge in [-0.3, -0.25) is 4.79 Å². The highest BCUT2D eigenvalue weighted by molar-refractivity contribution is 8.00. The van der Waals surface area contributed by atoms with Gasteiger partial charge >= 0.3 is 5.97 Å². The molecule has 6 heteroatoms. The molecule has 0 aromatic heterocycles. The molecule has 2 unspecified atom stereocenters. The Hall–Kier alpha value is -1.56. The van der Waals surface area contributed by atoms with Gasteiger partial charge in [0, 0.05) is 11.3 Å². The highest BCUT2D eigenvalue weighted by Gasteiger charge is 2.40. The molecule has 19 heavy (non-hydrogen) atoms. The van der Waals surface area contributed by atoms with Gasteiger partial charge < -0.3 is 10.0 Å². The molecule has 102 valence electrons. The fraction of sp³-hybridized carbons (Fsp3) is 0.385. The molecule has 2 rings (SSSR count). The number of hydrogen-bond acceptors (Lipinski definition) is 3. The first-order chi connectivity index (χ1) is 8.91. The van der Waals surface area contributed by atoms with Crippen molar-refractivity contribution >= 4 is 23.6 Å². The minimum atomic E-state index is -1.01. The van der Waals surface area contributed by atoms with Gasteiger partial charge in [-0.1, -0.05) is 0 Å². The normalized spacial score (nSPS) is 22.6. The zero-order valence-corrected chi connectivity index (χ0v) is 11.4. The van der Waals surface area contributed by atoms with E-state index in [1.807, 2.05) is 0 Å². The SMILES string of the molecule is Cc1cc(F)ccc1C(=O)N1C(C)SCC1C(=O)O. The summed E-state index contributed by atoms with van der Waals surface area (Å²) in [6.45, 7) is 3.43. The third kappa shape index (κ3) is 2.58. The van der Waals surface area contributed by atoms with Crippen LogP contribution in [0.1, 0.15) is 22.8 Å². The lowest BCUT2D eigenvalue weighted by atomic mass is 10.1. The lowest BCUT2D eigenvalue weighted by Crippen LogP contribution is -2.45. The van der Waals surface area contributed by atoms with Crippen LogP contribution in [0.2, 0.25) is 0 Å². The molecule has 2 atom stereocenters. The Labute approximate surface area is 114 Å². The first kappa shape index (κ1) is 13.9. The fourth-order valence-electron chi connectivity index (χ4n) is 2.15. The Morgan fingerprint density at radius 3 is 2.74 bits per heavy atom. The highest BCUT2D eigenvalue weighted by Crippen LogP contribution is 2.30. The average molecular weight is 283 g/mol. The maximum atomic E-state index is 13.0. The van der Waals surface area contributed by atoms with Crippen molar-refractivity contribution in [3.63, 3.8) is 0 Å². The predicted molar refractivity (Wildman–Crippen MR) is 70.7 cm³/mol. The molecule has 1 aliphatic rings. The monoisotopic (exact) mass is 283 g/mol. The van der Waals surface area contributed by atoms with E-state index < -0.39 is 17.8 Å². The Kier molecular flexibility index (Phi) is 3.80. The average Bonchev–Trinajstić information content (AvgIpc) is 2.70. The second kappa shape index (κ2) is 5.21. The van der Waals surface area contributed by atoms with Crippen LogP contribution in [-0.4, -0.2) is 39.1 Å². The molecular formula is C13H14FNO3S. The van der Waals surface area contributed by atoms with Gasteiger partial charge in [0.15, 0.2) is 0 Å². The molecule has 0 bridgehead atoms. The Morgan fingerprint density at radius 2 is 2.16 bits per heavy atom. The molecule has 1 amide bonds. The van der Waals surface area contributed by atoms with Crippen LogP contribution in [0, 0.1) is 12.7 Å². The lowest BCUT2D eigenvalue weighted by Gasteiger charge is -2.25. The van der Waals surface area contributed by atoms with E-state index in [2.05, 4.69) is 0 Å². The smallest absolute Gasteiger partial charge is 0.327 e. The number of carboxylic acids is 1. The largest absolute Gasteiger partial charge is 0.480 e. The Bertz CT molecular complexity index is 535. The molecular weight excluding hydrogens is 269 g/mol. The van der Waals surface area contributed by atoms with Crippen LogP contribution in [0.5, 0.6) is 0 Å². The molecule has 1 aromatic carbocycles. The zero-order valence-electron chi connectivity index (χ0n) is 10.6. The summed E-state index contributed by atoms with van der Waals surface area (Å²) >= 11 is 1.42. The summed E-state index contributed by atoms with van der Waals surface area (Å²) in [5, 5.41) is 8.95. The van der Waals surface area contributed by atoms with Crippen molar-refractivity contribution in [3.05, 3.63) is 35.1 Å². The van der Waals surface area contributed by atoms with E-state index in [1.54, 1.807) is 13.8 Å². The predicted octanol–water partition coefficient (Wildman–Crippen LogP) is 2.12. The number of thioether (sulfide) groups is 1. The number of aryl methyl sites for hydroxylation is 1. The van der Waals surface area contributed by atoms with Crippen molar-refractivity contribution in [2.24, 2.45) is 0 Å². The quantitative estimate of drug-likeness (QED) is 0.903. The van der Waals surface area contributed by atoms with E-state index in [-0.39, 0.29) is 11.3 Å². The minimum absolute atomic E-state index is 0.196. The molecule has 4 nitrogen and oxygen atoms in total. The molecule has 1 aromatic rings. The number of carbonyl (C=O) groups is 2. The van der Waals surface area contributed by atoms with E-state index in [4.69, 9.17) is 5.11 Å². The number of carbonyl (C=O) groups excluding carboxylic acids is 1. The standard InChI is InChI=1S/C13H14FNO3S/c1-7-5-9(14)3-4-10(7)12(16)15-8(2)19-6-11(15)13(17)18/h3-5,8,11H,6H2,1-2H3,(H,17,18). The summed E-state index contributed by atoms with van der Waals surface area (Å²) in [4.78, 5) is 25.0. The van der Waals surface area contributed by atoms with Gasteiger partial charge in [-0.25, -0.2) is 9.18 Å². The number of rotatable bonds is 2. The molecule has 0 saturated carbocycles. The summed E-state index contributed by atoms with van der Waals surface area (Å²) in [6, 6.07) is 3.07. The van der Waals surface area contributed by atoms with E-state index in [0.29, 0.717) is 16.9 Å². The molecule has 0 spiro atoms.